The summed E-state index contributed by atoms with van der Waals surface area (Å²) in [5.74, 6) is -2.24. The molecule has 0 aromatic heterocycles. The lowest BCUT2D eigenvalue weighted by molar-refractivity contribution is -0.171. The SMILES string of the molecule is CC(C)C(NC(=O)ON1C(=O)CCC1=O)P(=O)(Oc1ccccc1)Oc1ccccc1. The van der Waals surface area contributed by atoms with Crippen molar-refractivity contribution in [3.8, 4) is 11.5 Å². The number of hydrogen-bond donors (Lipinski definition) is 1. The first-order chi connectivity index (χ1) is 14.8. The molecule has 164 valence electrons. The van der Waals surface area contributed by atoms with Gasteiger partial charge in [0.05, 0.1) is 0 Å². The molecule has 0 spiro atoms. The van der Waals surface area contributed by atoms with Crippen molar-refractivity contribution in [3.63, 3.8) is 0 Å². The molecule has 1 atom stereocenters. The van der Waals surface area contributed by atoms with Gasteiger partial charge in [-0.25, -0.2) is 9.36 Å². The number of hydroxylamine groups is 2. The van der Waals surface area contributed by atoms with Crippen LogP contribution in [0.3, 0.4) is 0 Å². The number of carbonyl (C=O) groups is 3. The highest BCUT2D eigenvalue weighted by atomic mass is 31.2. The van der Waals surface area contributed by atoms with Gasteiger partial charge in [0.2, 0.25) is 0 Å². The Balaban J connectivity index is 1.85. The van der Waals surface area contributed by atoms with Crippen LogP contribution in [-0.2, 0) is 19.0 Å². The standard InChI is InChI=1S/C21H23N2O7P/c1-15(2)20(22-21(26)28-23-18(24)13-14-19(23)25)31(27,29-16-9-5-3-6-10-16)30-17-11-7-4-8-12-17/h3-12,15,20H,13-14H2,1-2H3,(H,22,26). The van der Waals surface area contributed by atoms with Gasteiger partial charge in [0, 0.05) is 12.8 Å². The lowest BCUT2D eigenvalue weighted by Gasteiger charge is -2.30. The van der Waals surface area contributed by atoms with Crippen molar-refractivity contribution >= 4 is 25.5 Å². The van der Waals surface area contributed by atoms with Crippen LogP contribution in [0.15, 0.2) is 60.7 Å². The van der Waals surface area contributed by atoms with E-state index in [1.54, 1.807) is 74.5 Å². The van der Waals surface area contributed by atoms with Gasteiger partial charge < -0.3 is 19.2 Å². The molecule has 0 bridgehead atoms. The van der Waals surface area contributed by atoms with Crippen LogP contribution in [0.4, 0.5) is 4.79 Å². The molecule has 1 heterocycles. The summed E-state index contributed by atoms with van der Waals surface area (Å²) in [5, 5.41) is 2.86. The highest BCUT2D eigenvalue weighted by Gasteiger charge is 2.44. The largest absolute Gasteiger partial charge is 0.453 e. The Morgan fingerprint density at radius 3 is 1.77 bits per heavy atom. The fourth-order valence-corrected chi connectivity index (χ4v) is 4.98. The van der Waals surface area contributed by atoms with Crippen LogP contribution in [0.2, 0.25) is 0 Å². The zero-order valence-corrected chi connectivity index (χ0v) is 18.0. The quantitative estimate of drug-likeness (QED) is 0.480. The number of benzene rings is 2. The minimum absolute atomic E-state index is 0.0353. The van der Waals surface area contributed by atoms with Crippen LogP contribution < -0.4 is 14.4 Å². The Hall–Kier alpha value is -3.32. The Kier molecular flexibility index (Phi) is 6.97. The van der Waals surface area contributed by atoms with Crippen LogP contribution in [0.1, 0.15) is 26.7 Å². The monoisotopic (exact) mass is 446 g/mol. The second-order valence-electron chi connectivity index (χ2n) is 7.14. The number of amides is 3. The number of para-hydroxylation sites is 2. The number of rotatable bonds is 8. The number of carbonyl (C=O) groups excluding carboxylic acids is 3. The predicted octanol–water partition coefficient (Wildman–Crippen LogP) is 4.11. The van der Waals surface area contributed by atoms with E-state index < -0.39 is 37.2 Å². The molecule has 3 rings (SSSR count). The van der Waals surface area contributed by atoms with Gasteiger partial charge >= 0.3 is 13.7 Å². The fraction of sp³-hybridized carbons (Fsp3) is 0.286. The summed E-state index contributed by atoms with van der Waals surface area (Å²) < 4.78 is 25.4. The topological polar surface area (TPSA) is 111 Å². The minimum atomic E-state index is -4.06. The molecule has 1 unspecified atom stereocenters. The average Bonchev–Trinajstić information content (AvgIpc) is 3.05. The first-order valence-electron chi connectivity index (χ1n) is 9.72. The second kappa shape index (κ2) is 9.66. The molecule has 1 N–H and O–H groups in total. The van der Waals surface area contributed by atoms with E-state index in [1.807, 2.05) is 0 Å². The second-order valence-corrected chi connectivity index (χ2v) is 9.14. The highest BCUT2D eigenvalue weighted by Crippen LogP contribution is 2.54. The molecular weight excluding hydrogens is 423 g/mol. The predicted molar refractivity (Wildman–Crippen MR) is 111 cm³/mol. The van der Waals surface area contributed by atoms with Crippen molar-refractivity contribution < 1.29 is 32.8 Å². The first kappa shape index (κ1) is 22.4. The summed E-state index contributed by atoms with van der Waals surface area (Å²) in [4.78, 5) is 40.7. The molecule has 9 nitrogen and oxygen atoms in total. The Labute approximate surface area is 179 Å². The summed E-state index contributed by atoms with van der Waals surface area (Å²) >= 11 is 0. The van der Waals surface area contributed by atoms with Gasteiger partial charge in [0.15, 0.2) is 5.78 Å². The molecule has 2 aromatic rings. The summed E-state index contributed by atoms with van der Waals surface area (Å²) in [6.45, 7) is 3.43. The summed E-state index contributed by atoms with van der Waals surface area (Å²) in [5.41, 5.74) is 0. The molecule has 0 saturated carbocycles. The van der Waals surface area contributed by atoms with E-state index in [1.165, 1.54) is 0 Å². The molecule has 1 aliphatic rings. The molecule has 1 aliphatic heterocycles. The number of hydrogen-bond acceptors (Lipinski definition) is 7. The van der Waals surface area contributed by atoms with Gasteiger partial charge in [-0.1, -0.05) is 50.2 Å². The third-order valence-electron chi connectivity index (χ3n) is 4.37. The molecule has 1 saturated heterocycles. The normalized spacial score (nSPS) is 15.0. The van der Waals surface area contributed by atoms with E-state index >= 15 is 0 Å². The Morgan fingerprint density at radius 2 is 1.35 bits per heavy atom. The first-order valence-corrected chi connectivity index (χ1v) is 11.3. The van der Waals surface area contributed by atoms with E-state index in [0.29, 0.717) is 5.06 Å². The maximum atomic E-state index is 13.9. The van der Waals surface area contributed by atoms with Crippen molar-refractivity contribution in [2.75, 3.05) is 0 Å². The van der Waals surface area contributed by atoms with Crippen LogP contribution in [-0.4, -0.2) is 28.8 Å². The lowest BCUT2D eigenvalue weighted by atomic mass is 10.2. The summed E-state index contributed by atoms with van der Waals surface area (Å²) in [6, 6.07) is 16.8. The van der Waals surface area contributed by atoms with Crippen molar-refractivity contribution in [2.45, 2.75) is 32.5 Å². The van der Waals surface area contributed by atoms with E-state index in [-0.39, 0.29) is 24.3 Å². The maximum Gasteiger partial charge on any atom is 0.453 e. The van der Waals surface area contributed by atoms with E-state index in [0.717, 1.165) is 0 Å². The number of imide groups is 1. The van der Waals surface area contributed by atoms with Gasteiger partial charge in [-0.2, -0.15) is 0 Å². The third kappa shape index (κ3) is 5.64. The Bertz CT molecular complexity index is 920. The van der Waals surface area contributed by atoms with Gasteiger partial charge in [-0.15, -0.1) is 5.06 Å². The van der Waals surface area contributed by atoms with E-state index in [2.05, 4.69) is 5.32 Å². The third-order valence-corrected chi connectivity index (χ3v) is 6.71. The van der Waals surface area contributed by atoms with Gasteiger partial charge in [-0.05, 0) is 30.2 Å². The summed E-state index contributed by atoms with van der Waals surface area (Å²) in [7, 11) is -4.06. The molecule has 1 fully saturated rings. The smallest absolute Gasteiger partial charge is 0.415 e. The maximum absolute atomic E-state index is 13.9. The number of nitrogens with zero attached hydrogens (tertiary/aromatic N) is 1. The average molecular weight is 446 g/mol. The fourth-order valence-electron chi connectivity index (χ4n) is 2.89. The van der Waals surface area contributed by atoms with Gasteiger partial charge in [-0.3, -0.25) is 9.59 Å². The highest BCUT2D eigenvalue weighted by molar-refractivity contribution is 7.55. The molecule has 0 aliphatic carbocycles. The van der Waals surface area contributed by atoms with Crippen LogP contribution in [0, 0.1) is 5.92 Å². The van der Waals surface area contributed by atoms with Crippen molar-refractivity contribution in [1.29, 1.82) is 0 Å². The lowest BCUT2D eigenvalue weighted by Crippen LogP contribution is -2.44. The zero-order chi connectivity index (χ0) is 22.4. The van der Waals surface area contributed by atoms with Gasteiger partial charge in [0.25, 0.3) is 11.8 Å². The molecule has 31 heavy (non-hydrogen) atoms. The van der Waals surface area contributed by atoms with Crippen molar-refractivity contribution in [2.24, 2.45) is 5.92 Å². The minimum Gasteiger partial charge on any atom is -0.415 e. The summed E-state index contributed by atoms with van der Waals surface area (Å²) in [6.07, 6.45) is -1.19. The van der Waals surface area contributed by atoms with Crippen LogP contribution in [0.5, 0.6) is 11.5 Å². The molecule has 10 heteroatoms. The molecule has 2 aromatic carbocycles. The molecule has 0 radical (unpaired) electrons. The van der Waals surface area contributed by atoms with Crippen LogP contribution >= 0.6 is 7.60 Å². The van der Waals surface area contributed by atoms with Crippen LogP contribution in [0.25, 0.3) is 0 Å². The molecular formula is C21H23N2O7P. The van der Waals surface area contributed by atoms with E-state index in [4.69, 9.17) is 13.9 Å². The Morgan fingerprint density at radius 1 is 0.903 bits per heavy atom. The van der Waals surface area contributed by atoms with Crippen molar-refractivity contribution in [1.82, 2.24) is 10.4 Å². The van der Waals surface area contributed by atoms with Gasteiger partial charge in [0.1, 0.15) is 11.5 Å². The molecule has 3 amide bonds. The number of nitrogens with one attached hydrogen (secondary N) is 1. The zero-order valence-electron chi connectivity index (χ0n) is 17.1. The van der Waals surface area contributed by atoms with Crippen molar-refractivity contribution in [3.05, 3.63) is 60.7 Å². The van der Waals surface area contributed by atoms with E-state index in [9.17, 15) is 18.9 Å².